The van der Waals surface area contributed by atoms with Gasteiger partial charge < -0.3 is 0 Å². The van der Waals surface area contributed by atoms with Gasteiger partial charge >= 0.3 is 0 Å². The van der Waals surface area contributed by atoms with Gasteiger partial charge in [-0.2, -0.15) is 0 Å². The van der Waals surface area contributed by atoms with Gasteiger partial charge in [0.1, 0.15) is 0 Å². The Balaban J connectivity index is 1.79. The van der Waals surface area contributed by atoms with Crippen LogP contribution in [0, 0.1) is 0 Å². The highest BCUT2D eigenvalue weighted by molar-refractivity contribution is 7.16. The van der Waals surface area contributed by atoms with Crippen molar-refractivity contribution in [2.24, 2.45) is 0 Å². The first-order chi connectivity index (χ1) is 9.81. The maximum absolute atomic E-state index is 3.50. The molecule has 0 N–H and O–H groups in total. The summed E-state index contributed by atoms with van der Waals surface area (Å²) in [7, 11) is 3.50. The lowest BCUT2D eigenvalue weighted by Crippen LogP contribution is -1.98. The third-order valence-electron chi connectivity index (χ3n) is 3.04. The van der Waals surface area contributed by atoms with Crippen LogP contribution in [0.5, 0.6) is 0 Å². The molecular weight excluding hydrogens is 276 g/mol. The summed E-state index contributed by atoms with van der Waals surface area (Å²) in [6.45, 7) is 0. The molecule has 2 aromatic carbocycles. The Morgan fingerprint density at radius 2 is 1.50 bits per heavy atom. The van der Waals surface area contributed by atoms with E-state index >= 15 is 0 Å². The zero-order valence-corrected chi connectivity index (χ0v) is 12.7. The highest BCUT2D eigenvalue weighted by Crippen LogP contribution is 2.28. The number of hydrogen-bond acceptors (Lipinski definition) is 1. The molecule has 95 valence electrons. The van der Waals surface area contributed by atoms with E-state index < -0.39 is 0 Å². The van der Waals surface area contributed by atoms with E-state index in [4.69, 9.17) is 0 Å². The fourth-order valence-corrected chi connectivity index (χ4v) is 3.06. The topological polar surface area (TPSA) is 0 Å². The second-order valence-corrected chi connectivity index (χ2v) is 6.22. The molecule has 0 fully saturated rings. The van der Waals surface area contributed by atoms with E-state index in [1.165, 1.54) is 20.9 Å². The monoisotopic (exact) mass is 289 g/mol. The predicted octanol–water partition coefficient (Wildman–Crippen LogP) is 4.38. The first kappa shape index (κ1) is 13.1. The van der Waals surface area contributed by atoms with E-state index in [9.17, 15) is 0 Å². The highest BCUT2D eigenvalue weighted by atomic mass is 32.1. The normalized spacial score (nSPS) is 11.1. The summed E-state index contributed by atoms with van der Waals surface area (Å²) < 4.78 is 0. The van der Waals surface area contributed by atoms with Crippen LogP contribution in [-0.2, 0) is 0 Å². The third kappa shape index (κ3) is 3.16. The number of thiophene rings is 1. The largest absolute Gasteiger partial charge is 0.136 e. The summed E-state index contributed by atoms with van der Waals surface area (Å²) in [6.07, 6.45) is 4.31. The van der Waals surface area contributed by atoms with Crippen molar-refractivity contribution in [3.05, 3.63) is 77.2 Å². The van der Waals surface area contributed by atoms with Gasteiger partial charge in [0.25, 0.3) is 0 Å². The molecule has 0 atom stereocenters. The second-order valence-electron chi connectivity index (χ2n) is 4.52. The molecule has 0 spiro atoms. The lowest BCUT2D eigenvalue weighted by Gasteiger charge is -1.95. The van der Waals surface area contributed by atoms with E-state index in [0.717, 1.165) is 5.19 Å². The molecule has 3 aromatic rings. The molecule has 3 rings (SSSR count). The van der Waals surface area contributed by atoms with Gasteiger partial charge in [-0.05, 0) is 29.3 Å². The van der Waals surface area contributed by atoms with Crippen LogP contribution in [-0.4, -0.2) is 10.2 Å². The first-order valence-electron chi connectivity index (χ1n) is 6.46. The molecule has 0 saturated carbocycles. The van der Waals surface area contributed by atoms with E-state index in [0.29, 0.717) is 0 Å². The first-order valence-corrected chi connectivity index (χ1v) is 7.78. The van der Waals surface area contributed by atoms with Crippen molar-refractivity contribution in [3.63, 3.8) is 0 Å². The summed E-state index contributed by atoms with van der Waals surface area (Å²) >= 11 is 1.81. The van der Waals surface area contributed by atoms with Crippen molar-refractivity contribution >= 4 is 38.9 Å². The molecule has 0 amide bonds. The lowest BCUT2D eigenvalue weighted by molar-refractivity contribution is 1.70. The van der Waals surface area contributed by atoms with Crippen LogP contribution in [0.25, 0.3) is 22.6 Å². The Morgan fingerprint density at radius 1 is 0.750 bits per heavy atom. The maximum atomic E-state index is 3.50. The number of hydrogen-bond donors (Lipinski definition) is 0. The SMILES string of the molecule is [Si]c1ccc(/C=C/c2ccc(-c3ccccc3)s2)cc1. The van der Waals surface area contributed by atoms with E-state index in [-0.39, 0.29) is 0 Å². The molecule has 20 heavy (non-hydrogen) atoms. The van der Waals surface area contributed by atoms with Crippen molar-refractivity contribution in [2.45, 2.75) is 0 Å². The van der Waals surface area contributed by atoms with Crippen LogP contribution < -0.4 is 5.19 Å². The van der Waals surface area contributed by atoms with Crippen molar-refractivity contribution in [1.29, 1.82) is 0 Å². The number of rotatable bonds is 3. The Kier molecular flexibility index (Phi) is 3.95. The molecule has 3 radical (unpaired) electrons. The summed E-state index contributed by atoms with van der Waals surface area (Å²) in [4.78, 5) is 2.58. The van der Waals surface area contributed by atoms with Crippen LogP contribution in [0.4, 0.5) is 0 Å². The Hall–Kier alpha value is -1.90. The molecule has 0 aliphatic rings. The standard InChI is InChI=1S/C18H13SSi/c20-17-11-7-14(8-12-17)6-9-16-10-13-18(19-16)15-4-2-1-3-5-15/h1-13H/b9-6+. The quantitative estimate of drug-likeness (QED) is 0.628. The van der Waals surface area contributed by atoms with Gasteiger partial charge in [0.05, 0.1) is 10.2 Å². The van der Waals surface area contributed by atoms with Gasteiger partial charge in [-0.1, -0.05) is 65.9 Å². The van der Waals surface area contributed by atoms with Crippen molar-refractivity contribution in [1.82, 2.24) is 0 Å². The molecule has 1 aromatic heterocycles. The number of benzene rings is 2. The molecule has 0 aliphatic carbocycles. The average Bonchev–Trinajstić information content (AvgIpc) is 2.97. The summed E-state index contributed by atoms with van der Waals surface area (Å²) in [6, 6.07) is 23.2. The fourth-order valence-electron chi connectivity index (χ4n) is 1.97. The van der Waals surface area contributed by atoms with Crippen molar-refractivity contribution < 1.29 is 0 Å². The Labute approximate surface area is 126 Å². The molecule has 0 bridgehead atoms. The lowest BCUT2D eigenvalue weighted by atomic mass is 10.2. The molecule has 0 unspecified atom stereocenters. The van der Waals surface area contributed by atoms with E-state index in [1.807, 2.05) is 17.4 Å². The molecule has 0 saturated heterocycles. The van der Waals surface area contributed by atoms with Gasteiger partial charge in [-0.25, -0.2) is 0 Å². The maximum Gasteiger partial charge on any atom is 0.0711 e. The molecule has 0 nitrogen and oxygen atoms in total. The van der Waals surface area contributed by atoms with Gasteiger partial charge in [0, 0.05) is 9.75 Å². The van der Waals surface area contributed by atoms with Gasteiger partial charge in [0.2, 0.25) is 0 Å². The van der Waals surface area contributed by atoms with Crippen molar-refractivity contribution in [3.8, 4) is 10.4 Å². The molecule has 1 heterocycles. The van der Waals surface area contributed by atoms with Crippen LogP contribution in [0.2, 0.25) is 0 Å². The van der Waals surface area contributed by atoms with Crippen LogP contribution in [0.15, 0.2) is 66.7 Å². The summed E-state index contributed by atoms with van der Waals surface area (Å²) in [5, 5.41) is 1.10. The van der Waals surface area contributed by atoms with E-state index in [1.54, 1.807) is 0 Å². The summed E-state index contributed by atoms with van der Waals surface area (Å²) in [5.74, 6) is 0. The third-order valence-corrected chi connectivity index (χ3v) is 4.47. The molecule has 0 aliphatic heterocycles. The molecule has 2 heteroatoms. The minimum absolute atomic E-state index is 1.10. The zero-order chi connectivity index (χ0) is 13.8. The van der Waals surface area contributed by atoms with E-state index in [2.05, 4.69) is 83.1 Å². The highest BCUT2D eigenvalue weighted by Gasteiger charge is 1.99. The van der Waals surface area contributed by atoms with Crippen LogP contribution >= 0.6 is 11.3 Å². The minimum atomic E-state index is 1.10. The Morgan fingerprint density at radius 3 is 2.25 bits per heavy atom. The minimum Gasteiger partial charge on any atom is -0.136 e. The second kappa shape index (κ2) is 6.03. The Bertz CT molecular complexity index is 709. The van der Waals surface area contributed by atoms with Gasteiger partial charge in [-0.3, -0.25) is 0 Å². The van der Waals surface area contributed by atoms with Gasteiger partial charge in [-0.15, -0.1) is 11.3 Å². The van der Waals surface area contributed by atoms with Gasteiger partial charge in [0.15, 0.2) is 0 Å². The van der Waals surface area contributed by atoms with Crippen LogP contribution in [0.1, 0.15) is 10.4 Å². The van der Waals surface area contributed by atoms with Crippen LogP contribution in [0.3, 0.4) is 0 Å². The fraction of sp³-hybridized carbons (Fsp3) is 0. The zero-order valence-electron chi connectivity index (χ0n) is 10.9. The summed E-state index contributed by atoms with van der Waals surface area (Å²) in [5.41, 5.74) is 2.49. The van der Waals surface area contributed by atoms with Crippen molar-refractivity contribution in [2.75, 3.05) is 0 Å². The smallest absolute Gasteiger partial charge is 0.0711 e. The average molecular weight is 289 g/mol. The predicted molar refractivity (Wildman–Crippen MR) is 90.5 cm³/mol. The molecular formula is C18H13SSi.